The highest BCUT2D eigenvalue weighted by Gasteiger charge is 2.58. The van der Waals surface area contributed by atoms with Gasteiger partial charge in [0.2, 0.25) is 5.54 Å². The van der Waals surface area contributed by atoms with Crippen molar-refractivity contribution < 1.29 is 32.6 Å². The lowest BCUT2D eigenvalue weighted by Gasteiger charge is -2.30. The first-order valence-electron chi connectivity index (χ1n) is 5.86. The Hall–Kier alpha value is -1.51. The van der Waals surface area contributed by atoms with Crippen LogP contribution in [0.2, 0.25) is 0 Å². The fraction of sp³-hybridized carbons (Fsp3) is 0.818. The zero-order chi connectivity index (χ0) is 16.2. The van der Waals surface area contributed by atoms with Crippen LogP contribution in [0.25, 0.3) is 0 Å². The number of nitrogens with one attached hydrogen (secondary N) is 2. The Labute approximate surface area is 114 Å². The third-order valence-corrected chi connectivity index (χ3v) is 2.57. The van der Waals surface area contributed by atoms with Crippen LogP contribution < -0.4 is 10.6 Å². The number of hydrogen-bond acceptors (Lipinski definition) is 3. The molecule has 0 aromatic carbocycles. The molecule has 0 spiro atoms. The van der Waals surface area contributed by atoms with Crippen molar-refractivity contribution in [1.29, 1.82) is 0 Å². The van der Waals surface area contributed by atoms with Crippen LogP contribution in [0.15, 0.2) is 0 Å². The summed E-state index contributed by atoms with van der Waals surface area (Å²) in [4.78, 5) is 22.1. The fourth-order valence-corrected chi connectivity index (χ4v) is 1.25. The smallest absolute Gasteiger partial charge is 0.422 e. The van der Waals surface area contributed by atoms with Crippen molar-refractivity contribution in [2.45, 2.75) is 45.0 Å². The molecule has 1 atom stereocenters. The molecular weight excluding hydrogens is 281 g/mol. The number of halogens is 3. The van der Waals surface area contributed by atoms with E-state index in [1.54, 1.807) is 20.8 Å². The molecule has 0 saturated carbocycles. The van der Waals surface area contributed by atoms with Crippen LogP contribution in [0.4, 0.5) is 18.0 Å². The van der Waals surface area contributed by atoms with Gasteiger partial charge in [0.15, 0.2) is 0 Å². The number of carbonyl (C=O) groups is 2. The molecule has 0 radical (unpaired) electrons. The van der Waals surface area contributed by atoms with Gasteiger partial charge in [-0.2, -0.15) is 13.2 Å². The number of hydrogen-bond donors (Lipinski definition) is 3. The minimum Gasteiger partial charge on any atom is -0.479 e. The molecule has 0 bridgehead atoms. The highest BCUT2D eigenvalue weighted by molar-refractivity contribution is 5.86. The summed E-state index contributed by atoms with van der Waals surface area (Å²) in [6.07, 6.45) is -5.12. The number of alkyl halides is 3. The predicted molar refractivity (Wildman–Crippen MR) is 64.3 cm³/mol. The summed E-state index contributed by atoms with van der Waals surface area (Å²) in [6.45, 7) is 5.68. The SMILES string of the molecule is CCOC(C)(C)CNC(=O)NC(C)(C(=O)O)C(F)(F)F. The fourth-order valence-electron chi connectivity index (χ4n) is 1.25. The Balaban J connectivity index is 4.70. The lowest BCUT2D eigenvalue weighted by atomic mass is 10.0. The quantitative estimate of drug-likeness (QED) is 0.694. The maximum absolute atomic E-state index is 12.7. The Kier molecular flexibility index (Phi) is 5.82. The molecule has 0 heterocycles. The molecule has 3 N–H and O–H groups in total. The molecular formula is C11H19F3N2O4. The standard InChI is InChI=1S/C11H19F3N2O4/c1-5-20-9(2,3)6-15-8(19)16-10(4,7(17)18)11(12,13)14/h5-6H2,1-4H3,(H,17,18)(H2,15,16,19). The van der Waals surface area contributed by atoms with Gasteiger partial charge in [0.25, 0.3) is 0 Å². The molecule has 2 amide bonds. The Morgan fingerprint density at radius 3 is 2.05 bits per heavy atom. The molecule has 0 saturated heterocycles. The summed E-state index contributed by atoms with van der Waals surface area (Å²) >= 11 is 0. The predicted octanol–water partition coefficient (Wildman–Crippen LogP) is 1.51. The van der Waals surface area contributed by atoms with Crippen molar-refractivity contribution in [2.24, 2.45) is 0 Å². The lowest BCUT2D eigenvalue weighted by molar-refractivity contribution is -0.203. The second kappa shape index (κ2) is 6.29. The number of rotatable bonds is 6. The van der Waals surface area contributed by atoms with E-state index < -0.39 is 29.3 Å². The molecule has 1 unspecified atom stereocenters. The highest BCUT2D eigenvalue weighted by Crippen LogP contribution is 2.30. The van der Waals surface area contributed by atoms with Crippen LogP contribution >= 0.6 is 0 Å². The van der Waals surface area contributed by atoms with Gasteiger partial charge in [-0.05, 0) is 27.7 Å². The Morgan fingerprint density at radius 2 is 1.70 bits per heavy atom. The van der Waals surface area contributed by atoms with Gasteiger partial charge in [-0.3, -0.25) is 0 Å². The number of carboxylic acid groups (broad SMARTS) is 1. The maximum atomic E-state index is 12.7. The summed E-state index contributed by atoms with van der Waals surface area (Å²) < 4.78 is 43.2. The third kappa shape index (κ3) is 4.87. The molecule has 0 aliphatic rings. The van der Waals surface area contributed by atoms with Gasteiger partial charge in [-0.1, -0.05) is 0 Å². The van der Waals surface area contributed by atoms with E-state index in [1.165, 1.54) is 5.32 Å². The van der Waals surface area contributed by atoms with Crippen molar-refractivity contribution in [3.8, 4) is 0 Å². The number of carboxylic acids is 1. The van der Waals surface area contributed by atoms with Crippen LogP contribution in [0.5, 0.6) is 0 Å². The van der Waals surface area contributed by atoms with Crippen LogP contribution in [0, 0.1) is 0 Å². The largest absolute Gasteiger partial charge is 0.479 e. The number of urea groups is 1. The van der Waals surface area contributed by atoms with E-state index in [4.69, 9.17) is 9.84 Å². The molecule has 0 fully saturated rings. The van der Waals surface area contributed by atoms with E-state index in [9.17, 15) is 22.8 Å². The van der Waals surface area contributed by atoms with Crippen molar-refractivity contribution in [1.82, 2.24) is 10.6 Å². The summed E-state index contributed by atoms with van der Waals surface area (Å²) in [5, 5.41) is 12.2. The average molecular weight is 300 g/mol. The number of aliphatic carboxylic acids is 1. The summed E-state index contributed by atoms with van der Waals surface area (Å²) in [7, 11) is 0. The maximum Gasteiger partial charge on any atom is 0.422 e. The first-order valence-corrected chi connectivity index (χ1v) is 5.86. The normalized spacial score (nSPS) is 15.3. The Morgan fingerprint density at radius 1 is 1.20 bits per heavy atom. The molecule has 20 heavy (non-hydrogen) atoms. The molecule has 0 aliphatic heterocycles. The van der Waals surface area contributed by atoms with E-state index in [1.807, 2.05) is 0 Å². The summed E-state index contributed by atoms with van der Waals surface area (Å²) in [5.41, 5.74) is -4.13. The van der Waals surface area contributed by atoms with E-state index in [-0.39, 0.29) is 6.54 Å². The summed E-state index contributed by atoms with van der Waals surface area (Å²) in [6, 6.07) is -1.24. The molecule has 0 aromatic rings. The Bertz CT molecular complexity index is 371. The molecule has 0 rings (SSSR count). The van der Waals surface area contributed by atoms with Gasteiger partial charge in [0.05, 0.1) is 5.60 Å². The highest BCUT2D eigenvalue weighted by atomic mass is 19.4. The van der Waals surface area contributed by atoms with Gasteiger partial charge in [0, 0.05) is 13.2 Å². The van der Waals surface area contributed by atoms with Gasteiger partial charge >= 0.3 is 18.2 Å². The first-order chi connectivity index (χ1) is 8.85. The zero-order valence-electron chi connectivity index (χ0n) is 11.7. The lowest BCUT2D eigenvalue weighted by Crippen LogP contribution is -2.64. The molecule has 118 valence electrons. The molecule has 6 nitrogen and oxygen atoms in total. The zero-order valence-corrected chi connectivity index (χ0v) is 11.7. The second-order valence-electron chi connectivity index (χ2n) is 4.93. The van der Waals surface area contributed by atoms with Gasteiger partial charge in [-0.15, -0.1) is 0 Å². The van der Waals surface area contributed by atoms with Crippen molar-refractivity contribution >= 4 is 12.0 Å². The van der Waals surface area contributed by atoms with Crippen LogP contribution in [0.1, 0.15) is 27.7 Å². The van der Waals surface area contributed by atoms with Crippen molar-refractivity contribution in [3.63, 3.8) is 0 Å². The second-order valence-corrected chi connectivity index (χ2v) is 4.93. The topological polar surface area (TPSA) is 87.7 Å². The monoisotopic (exact) mass is 300 g/mol. The van der Waals surface area contributed by atoms with Crippen LogP contribution in [-0.4, -0.2) is 47.6 Å². The van der Waals surface area contributed by atoms with Gasteiger partial charge in [0.1, 0.15) is 0 Å². The van der Waals surface area contributed by atoms with E-state index in [0.717, 1.165) is 0 Å². The molecule has 0 aromatic heterocycles. The van der Waals surface area contributed by atoms with E-state index in [2.05, 4.69) is 5.32 Å². The molecule has 9 heteroatoms. The van der Waals surface area contributed by atoms with Gasteiger partial charge < -0.3 is 20.5 Å². The number of amides is 2. The average Bonchev–Trinajstić information content (AvgIpc) is 2.24. The van der Waals surface area contributed by atoms with Crippen molar-refractivity contribution in [3.05, 3.63) is 0 Å². The number of ether oxygens (including phenoxy) is 1. The first kappa shape index (κ1) is 18.5. The van der Waals surface area contributed by atoms with Crippen LogP contribution in [-0.2, 0) is 9.53 Å². The minimum absolute atomic E-state index is 0.0692. The summed E-state index contributed by atoms with van der Waals surface area (Å²) in [5.74, 6) is -2.19. The minimum atomic E-state index is -5.12. The van der Waals surface area contributed by atoms with Crippen LogP contribution in [0.3, 0.4) is 0 Å². The van der Waals surface area contributed by atoms with E-state index in [0.29, 0.717) is 13.5 Å². The van der Waals surface area contributed by atoms with Crippen molar-refractivity contribution in [2.75, 3.05) is 13.2 Å². The van der Waals surface area contributed by atoms with E-state index >= 15 is 0 Å². The third-order valence-electron chi connectivity index (χ3n) is 2.57. The molecule has 0 aliphatic carbocycles. The number of carbonyl (C=O) groups excluding carboxylic acids is 1. The van der Waals surface area contributed by atoms with Gasteiger partial charge in [-0.25, -0.2) is 9.59 Å².